The molecule has 0 spiro atoms. The number of halogens is 3. The maximum atomic E-state index is 12.6. The van der Waals surface area contributed by atoms with Gasteiger partial charge in [-0.1, -0.05) is 30.3 Å². The van der Waals surface area contributed by atoms with E-state index in [1.54, 1.807) is 6.20 Å². The molecule has 158 valence electrons. The zero-order chi connectivity index (χ0) is 21.7. The molecular weight excluding hydrogens is 401 g/mol. The van der Waals surface area contributed by atoms with Crippen molar-refractivity contribution >= 4 is 22.8 Å². The van der Waals surface area contributed by atoms with Crippen molar-refractivity contribution in [2.24, 2.45) is 5.73 Å². The van der Waals surface area contributed by atoms with Crippen LogP contribution in [-0.4, -0.2) is 29.3 Å². The van der Waals surface area contributed by atoms with Gasteiger partial charge < -0.3 is 26.1 Å². The lowest BCUT2D eigenvalue weighted by Crippen LogP contribution is -2.49. The Balaban J connectivity index is 1.65. The van der Waals surface area contributed by atoms with Crippen LogP contribution in [0.5, 0.6) is 5.75 Å². The minimum absolute atomic E-state index is 0.0515. The van der Waals surface area contributed by atoms with Crippen LogP contribution in [0.25, 0.3) is 10.9 Å². The van der Waals surface area contributed by atoms with Gasteiger partial charge in [0.2, 0.25) is 5.91 Å². The number of amides is 3. The summed E-state index contributed by atoms with van der Waals surface area (Å²) in [5.41, 5.74) is 7.48. The first-order valence-corrected chi connectivity index (χ1v) is 8.94. The fourth-order valence-corrected chi connectivity index (χ4v) is 3.02. The number of carbonyl (C=O) groups is 2. The Bertz CT molecular complexity index is 1030. The third-order valence-electron chi connectivity index (χ3n) is 4.36. The molecule has 1 aromatic heterocycles. The van der Waals surface area contributed by atoms with E-state index in [1.807, 2.05) is 24.3 Å². The third-order valence-corrected chi connectivity index (χ3v) is 4.36. The number of nitrogens with one attached hydrogen (secondary N) is 3. The Labute approximate surface area is 169 Å². The Morgan fingerprint density at radius 1 is 1.10 bits per heavy atom. The van der Waals surface area contributed by atoms with Crippen molar-refractivity contribution in [1.29, 1.82) is 0 Å². The molecule has 0 saturated heterocycles. The standard InChI is InChI=1S/C20H19F3N4O3/c21-20(22,23)30-14-7-5-12(6-8-14)10-26-18(28)17(27-19(24)29)9-13-11-25-16-4-2-1-3-15(13)16/h1-8,11,17,25H,9-10H2,(H,26,28)(H3,24,27,29)/t17-/m1/s1. The lowest BCUT2D eigenvalue weighted by Gasteiger charge is -2.17. The van der Waals surface area contributed by atoms with Crippen LogP contribution in [0.2, 0.25) is 0 Å². The van der Waals surface area contributed by atoms with E-state index in [0.717, 1.165) is 28.6 Å². The van der Waals surface area contributed by atoms with Crippen LogP contribution in [0, 0.1) is 0 Å². The van der Waals surface area contributed by atoms with Crippen molar-refractivity contribution in [3.63, 3.8) is 0 Å². The minimum Gasteiger partial charge on any atom is -0.406 e. The molecule has 10 heteroatoms. The summed E-state index contributed by atoms with van der Waals surface area (Å²) in [6.45, 7) is 0.0515. The molecule has 0 bridgehead atoms. The SMILES string of the molecule is NC(=O)N[C@H](Cc1c[nH]c2ccccc12)C(=O)NCc1ccc(OC(F)(F)F)cc1. The molecule has 0 aliphatic rings. The van der Waals surface area contributed by atoms with Crippen molar-refractivity contribution in [3.05, 3.63) is 65.9 Å². The average Bonchev–Trinajstić information content (AvgIpc) is 3.08. The second-order valence-electron chi connectivity index (χ2n) is 6.53. The molecule has 0 saturated carbocycles. The molecule has 1 atom stereocenters. The monoisotopic (exact) mass is 420 g/mol. The molecule has 2 aromatic carbocycles. The number of aromatic nitrogens is 1. The Morgan fingerprint density at radius 3 is 2.47 bits per heavy atom. The quantitative estimate of drug-likeness (QED) is 0.472. The molecule has 0 aliphatic heterocycles. The van der Waals surface area contributed by atoms with Gasteiger partial charge in [0.15, 0.2) is 0 Å². The summed E-state index contributed by atoms with van der Waals surface area (Å²) >= 11 is 0. The third kappa shape index (κ3) is 5.66. The van der Waals surface area contributed by atoms with Crippen LogP contribution < -0.4 is 21.1 Å². The molecule has 3 rings (SSSR count). The van der Waals surface area contributed by atoms with Crippen molar-refractivity contribution in [2.45, 2.75) is 25.4 Å². The highest BCUT2D eigenvalue weighted by Gasteiger charge is 2.31. The molecule has 3 amide bonds. The molecule has 0 radical (unpaired) electrons. The van der Waals surface area contributed by atoms with Crippen molar-refractivity contribution in [1.82, 2.24) is 15.6 Å². The van der Waals surface area contributed by atoms with Crippen molar-refractivity contribution in [3.8, 4) is 5.75 Å². The van der Waals surface area contributed by atoms with Gasteiger partial charge in [-0.25, -0.2) is 4.79 Å². The van der Waals surface area contributed by atoms with Gasteiger partial charge in [0, 0.05) is 30.1 Å². The number of carbonyl (C=O) groups excluding carboxylic acids is 2. The number of alkyl halides is 3. The lowest BCUT2D eigenvalue weighted by molar-refractivity contribution is -0.274. The Hall–Kier alpha value is -3.69. The predicted molar refractivity (Wildman–Crippen MR) is 103 cm³/mol. The molecule has 0 fully saturated rings. The first kappa shape index (κ1) is 21.0. The van der Waals surface area contributed by atoms with Gasteiger partial charge in [-0.3, -0.25) is 4.79 Å². The second-order valence-corrected chi connectivity index (χ2v) is 6.53. The maximum absolute atomic E-state index is 12.6. The number of hydrogen-bond donors (Lipinski definition) is 4. The van der Waals surface area contributed by atoms with Gasteiger partial charge in [0.05, 0.1) is 0 Å². The molecule has 7 nitrogen and oxygen atoms in total. The summed E-state index contributed by atoms with van der Waals surface area (Å²) in [5.74, 6) is -0.833. The van der Waals surface area contributed by atoms with Gasteiger partial charge in [0.1, 0.15) is 11.8 Å². The van der Waals surface area contributed by atoms with E-state index in [1.165, 1.54) is 12.1 Å². The smallest absolute Gasteiger partial charge is 0.406 e. The summed E-state index contributed by atoms with van der Waals surface area (Å²) in [5, 5.41) is 5.99. The van der Waals surface area contributed by atoms with E-state index in [9.17, 15) is 22.8 Å². The number of primary amides is 1. The average molecular weight is 420 g/mol. The normalized spacial score (nSPS) is 12.4. The molecule has 3 aromatic rings. The number of hydrogen-bond acceptors (Lipinski definition) is 3. The summed E-state index contributed by atoms with van der Waals surface area (Å²) in [6, 6.07) is 10.9. The van der Waals surface area contributed by atoms with Gasteiger partial charge in [-0.2, -0.15) is 0 Å². The molecule has 5 N–H and O–H groups in total. The first-order chi connectivity index (χ1) is 14.2. The summed E-state index contributed by atoms with van der Waals surface area (Å²) < 4.78 is 40.5. The number of ether oxygens (including phenoxy) is 1. The highest BCUT2D eigenvalue weighted by molar-refractivity contribution is 5.88. The molecule has 1 heterocycles. The van der Waals surface area contributed by atoms with Crippen molar-refractivity contribution in [2.75, 3.05) is 0 Å². The molecule has 30 heavy (non-hydrogen) atoms. The number of rotatable bonds is 7. The van der Waals surface area contributed by atoms with Crippen LogP contribution in [0.1, 0.15) is 11.1 Å². The van der Waals surface area contributed by atoms with Crippen LogP contribution >= 0.6 is 0 Å². The van der Waals surface area contributed by atoms with E-state index in [2.05, 4.69) is 20.4 Å². The van der Waals surface area contributed by atoms with E-state index < -0.39 is 24.3 Å². The summed E-state index contributed by atoms with van der Waals surface area (Å²) in [6.07, 6.45) is -2.81. The lowest BCUT2D eigenvalue weighted by atomic mass is 10.0. The van der Waals surface area contributed by atoms with Gasteiger partial charge in [-0.05, 0) is 29.3 Å². The molecular formula is C20H19F3N4O3. The zero-order valence-electron chi connectivity index (χ0n) is 15.6. The number of para-hydroxylation sites is 1. The molecule has 0 unspecified atom stereocenters. The van der Waals surface area contributed by atoms with E-state index in [-0.39, 0.29) is 18.7 Å². The Kier molecular flexibility index (Phi) is 6.14. The van der Waals surface area contributed by atoms with Crippen molar-refractivity contribution < 1.29 is 27.5 Å². The fraction of sp³-hybridized carbons (Fsp3) is 0.200. The van der Waals surface area contributed by atoms with E-state index in [4.69, 9.17) is 5.73 Å². The topological polar surface area (TPSA) is 109 Å². The number of nitrogens with two attached hydrogens (primary N) is 1. The highest BCUT2D eigenvalue weighted by atomic mass is 19.4. The van der Waals surface area contributed by atoms with E-state index >= 15 is 0 Å². The number of H-pyrrole nitrogens is 1. The first-order valence-electron chi connectivity index (χ1n) is 8.94. The number of aromatic amines is 1. The van der Waals surface area contributed by atoms with Gasteiger partial charge in [-0.15, -0.1) is 13.2 Å². The molecule has 0 aliphatic carbocycles. The van der Waals surface area contributed by atoms with E-state index in [0.29, 0.717) is 5.56 Å². The van der Waals surface area contributed by atoms with Crippen LogP contribution in [0.15, 0.2) is 54.7 Å². The predicted octanol–water partition coefficient (Wildman–Crippen LogP) is 2.96. The fourth-order valence-electron chi connectivity index (χ4n) is 3.02. The number of fused-ring (bicyclic) bond motifs is 1. The summed E-state index contributed by atoms with van der Waals surface area (Å²) in [7, 11) is 0. The van der Waals surface area contributed by atoms with Crippen LogP contribution in [0.3, 0.4) is 0 Å². The van der Waals surface area contributed by atoms with Gasteiger partial charge in [0.25, 0.3) is 0 Å². The van der Waals surface area contributed by atoms with Crippen LogP contribution in [-0.2, 0) is 17.8 Å². The number of benzene rings is 2. The zero-order valence-corrected chi connectivity index (χ0v) is 15.6. The summed E-state index contributed by atoms with van der Waals surface area (Å²) in [4.78, 5) is 27.1. The Morgan fingerprint density at radius 2 is 1.80 bits per heavy atom. The number of urea groups is 1. The second kappa shape index (κ2) is 8.76. The maximum Gasteiger partial charge on any atom is 0.573 e. The highest BCUT2D eigenvalue weighted by Crippen LogP contribution is 2.23. The largest absolute Gasteiger partial charge is 0.573 e. The minimum atomic E-state index is -4.77. The van der Waals surface area contributed by atoms with Crippen LogP contribution in [0.4, 0.5) is 18.0 Å². The van der Waals surface area contributed by atoms with Gasteiger partial charge >= 0.3 is 12.4 Å².